The van der Waals surface area contributed by atoms with Crippen molar-refractivity contribution in [3.63, 3.8) is 0 Å². The van der Waals surface area contributed by atoms with Crippen LogP contribution in [0.15, 0.2) is 48.7 Å². The van der Waals surface area contributed by atoms with Gasteiger partial charge in [0.1, 0.15) is 5.82 Å². The molecule has 1 aromatic heterocycles. The fraction of sp³-hybridized carbons (Fsp3) is 0.320. The molecule has 5 rings (SSSR count). The highest BCUT2D eigenvalue weighted by molar-refractivity contribution is 6.08. The molecule has 3 heterocycles. The lowest BCUT2D eigenvalue weighted by Crippen LogP contribution is -2.60. The highest BCUT2D eigenvalue weighted by Gasteiger charge is 2.36. The summed E-state index contributed by atoms with van der Waals surface area (Å²) in [6.45, 7) is 5.21. The number of piperazine rings is 1. The second-order valence-electron chi connectivity index (χ2n) is 8.89. The molecule has 4 N–H and O–H groups in total. The predicted molar refractivity (Wildman–Crippen MR) is 131 cm³/mol. The molecule has 1 fully saturated rings. The van der Waals surface area contributed by atoms with Gasteiger partial charge in [0.25, 0.3) is 5.91 Å². The van der Waals surface area contributed by atoms with E-state index in [-0.39, 0.29) is 5.91 Å². The number of aldehydes is 1. The van der Waals surface area contributed by atoms with Gasteiger partial charge in [-0.15, -0.1) is 0 Å². The fourth-order valence-corrected chi connectivity index (χ4v) is 4.88. The standard InChI is InChI=1S/C25H29N7O2/c1-17-13-18(7-8-20(17)25(26,16-33)31-11-9-27-10-12-31)24(34)32-15-19-14-28-30(2)23(19)29-21-5-3-4-6-22(21)32/h3-8,13-14,16,27,29H,9-12,15,26H2,1-2H3. The largest absolute Gasteiger partial charge is 0.338 e. The van der Waals surface area contributed by atoms with Crippen LogP contribution in [0.2, 0.25) is 0 Å². The summed E-state index contributed by atoms with van der Waals surface area (Å²) in [5.74, 6) is 0.737. The SMILES string of the molecule is Cc1cc(C(=O)N2Cc3cnn(C)c3Nc3ccccc32)ccc1C(N)(C=O)N1CCNCC1. The molecule has 1 atom stereocenters. The molecule has 0 bridgehead atoms. The van der Waals surface area contributed by atoms with Gasteiger partial charge in [0.05, 0.1) is 24.1 Å². The smallest absolute Gasteiger partial charge is 0.258 e. The Morgan fingerprint density at radius 2 is 1.94 bits per heavy atom. The van der Waals surface area contributed by atoms with Crippen LogP contribution in [-0.2, 0) is 24.0 Å². The summed E-state index contributed by atoms with van der Waals surface area (Å²) in [4.78, 5) is 29.7. The summed E-state index contributed by atoms with van der Waals surface area (Å²) in [5, 5.41) is 11.0. The van der Waals surface area contributed by atoms with Gasteiger partial charge in [0.2, 0.25) is 0 Å². The van der Waals surface area contributed by atoms with Crippen LogP contribution in [0.4, 0.5) is 17.2 Å². The van der Waals surface area contributed by atoms with Crippen LogP contribution < -0.4 is 21.3 Å². The number of nitrogens with one attached hydrogen (secondary N) is 2. The molecule has 0 saturated carbocycles. The van der Waals surface area contributed by atoms with Gasteiger partial charge < -0.3 is 21.3 Å². The van der Waals surface area contributed by atoms with Crippen molar-refractivity contribution >= 4 is 29.4 Å². The third kappa shape index (κ3) is 3.67. The Morgan fingerprint density at radius 1 is 1.18 bits per heavy atom. The number of hydrogen-bond donors (Lipinski definition) is 3. The molecule has 3 aromatic rings. The first kappa shape index (κ1) is 22.3. The first-order valence-electron chi connectivity index (χ1n) is 11.4. The van der Waals surface area contributed by atoms with Gasteiger partial charge in [-0.2, -0.15) is 5.10 Å². The van der Waals surface area contributed by atoms with Crippen LogP contribution in [0, 0.1) is 6.92 Å². The van der Waals surface area contributed by atoms with E-state index in [2.05, 4.69) is 15.7 Å². The van der Waals surface area contributed by atoms with Crippen molar-refractivity contribution in [2.75, 3.05) is 36.4 Å². The van der Waals surface area contributed by atoms with Gasteiger partial charge in [-0.1, -0.05) is 18.2 Å². The normalized spacial score (nSPS) is 17.7. The maximum absolute atomic E-state index is 13.8. The van der Waals surface area contributed by atoms with Crippen LogP contribution in [-0.4, -0.2) is 53.1 Å². The Morgan fingerprint density at radius 3 is 2.68 bits per heavy atom. The molecule has 9 heteroatoms. The van der Waals surface area contributed by atoms with E-state index >= 15 is 0 Å². The molecule has 176 valence electrons. The molecule has 2 aromatic carbocycles. The molecule has 9 nitrogen and oxygen atoms in total. The first-order valence-corrected chi connectivity index (χ1v) is 11.4. The molecular formula is C25H29N7O2. The number of carbonyl (C=O) groups is 2. The van der Waals surface area contributed by atoms with Gasteiger partial charge in [-0.3, -0.25) is 19.2 Å². The third-order valence-corrected chi connectivity index (χ3v) is 6.76. The number of hydrogen-bond acceptors (Lipinski definition) is 7. The lowest BCUT2D eigenvalue weighted by atomic mass is 9.92. The molecular weight excluding hydrogens is 430 g/mol. The number of aromatic nitrogens is 2. The minimum Gasteiger partial charge on any atom is -0.338 e. The number of nitrogens with zero attached hydrogens (tertiary/aromatic N) is 4. The van der Waals surface area contributed by atoms with Crippen molar-refractivity contribution in [1.29, 1.82) is 0 Å². The molecule has 1 saturated heterocycles. The fourth-order valence-electron chi connectivity index (χ4n) is 4.88. The zero-order valence-corrected chi connectivity index (χ0v) is 19.4. The number of aryl methyl sites for hydroxylation is 2. The summed E-state index contributed by atoms with van der Waals surface area (Å²) in [6, 6.07) is 13.2. The van der Waals surface area contributed by atoms with Crippen molar-refractivity contribution in [2.45, 2.75) is 19.1 Å². The van der Waals surface area contributed by atoms with Crippen molar-refractivity contribution < 1.29 is 9.59 Å². The van der Waals surface area contributed by atoms with Gasteiger partial charge in [0, 0.05) is 44.4 Å². The van der Waals surface area contributed by atoms with Crippen LogP contribution in [0.5, 0.6) is 0 Å². The molecule has 1 amide bonds. The average molecular weight is 460 g/mol. The molecule has 34 heavy (non-hydrogen) atoms. The number of benzene rings is 2. The topological polar surface area (TPSA) is 109 Å². The van der Waals surface area contributed by atoms with E-state index < -0.39 is 5.66 Å². The number of fused-ring (bicyclic) bond motifs is 2. The Kier molecular flexibility index (Phi) is 5.68. The van der Waals surface area contributed by atoms with Gasteiger partial charge in [-0.05, 0) is 42.3 Å². The lowest BCUT2D eigenvalue weighted by Gasteiger charge is -2.40. The number of para-hydroxylation sites is 2. The quantitative estimate of drug-likeness (QED) is 0.511. The monoisotopic (exact) mass is 459 g/mol. The van der Waals surface area contributed by atoms with Gasteiger partial charge >= 0.3 is 0 Å². The van der Waals surface area contributed by atoms with Crippen LogP contribution in [0.1, 0.15) is 27.0 Å². The molecule has 0 aliphatic carbocycles. The van der Waals surface area contributed by atoms with Crippen molar-refractivity contribution in [1.82, 2.24) is 20.0 Å². The number of amides is 1. The summed E-state index contributed by atoms with van der Waals surface area (Å²) >= 11 is 0. The Labute approximate surface area is 198 Å². The van der Waals surface area contributed by atoms with E-state index in [0.717, 1.165) is 47.7 Å². The Bertz CT molecular complexity index is 1250. The molecule has 2 aliphatic heterocycles. The van der Waals surface area contributed by atoms with Crippen molar-refractivity contribution in [2.24, 2.45) is 12.8 Å². The van der Waals surface area contributed by atoms with Crippen LogP contribution >= 0.6 is 0 Å². The summed E-state index contributed by atoms with van der Waals surface area (Å²) in [5.41, 5.74) is 10.0. The van der Waals surface area contributed by atoms with E-state index in [1.54, 1.807) is 21.8 Å². The van der Waals surface area contributed by atoms with E-state index in [1.807, 2.05) is 55.3 Å². The molecule has 0 spiro atoms. The zero-order chi connectivity index (χ0) is 23.9. The Hall–Kier alpha value is -3.53. The highest BCUT2D eigenvalue weighted by Crippen LogP contribution is 2.36. The maximum Gasteiger partial charge on any atom is 0.258 e. The van der Waals surface area contributed by atoms with Gasteiger partial charge in [-0.25, -0.2) is 0 Å². The summed E-state index contributed by atoms with van der Waals surface area (Å²) < 4.78 is 1.77. The van der Waals surface area contributed by atoms with Crippen LogP contribution in [0.25, 0.3) is 0 Å². The lowest BCUT2D eigenvalue weighted by molar-refractivity contribution is -0.119. The van der Waals surface area contributed by atoms with Gasteiger partial charge in [0.15, 0.2) is 11.9 Å². The van der Waals surface area contributed by atoms with Crippen molar-refractivity contribution in [3.05, 3.63) is 70.9 Å². The van der Waals surface area contributed by atoms with E-state index in [1.165, 1.54) is 0 Å². The first-order chi connectivity index (χ1) is 16.4. The summed E-state index contributed by atoms with van der Waals surface area (Å²) in [6.07, 6.45) is 2.59. The molecule has 0 radical (unpaired) electrons. The minimum absolute atomic E-state index is 0.128. The zero-order valence-electron chi connectivity index (χ0n) is 19.4. The molecule has 1 unspecified atom stereocenters. The second-order valence-corrected chi connectivity index (χ2v) is 8.89. The van der Waals surface area contributed by atoms with Crippen molar-refractivity contribution in [3.8, 4) is 0 Å². The second kappa shape index (κ2) is 8.68. The highest BCUT2D eigenvalue weighted by atomic mass is 16.2. The van der Waals surface area contributed by atoms with E-state index in [4.69, 9.17) is 5.73 Å². The number of carbonyl (C=O) groups excluding carboxylic acids is 2. The predicted octanol–water partition coefficient (Wildman–Crippen LogP) is 1.85. The minimum atomic E-state index is -1.22. The third-order valence-electron chi connectivity index (χ3n) is 6.76. The molecule has 2 aliphatic rings. The number of anilines is 3. The number of rotatable bonds is 4. The van der Waals surface area contributed by atoms with E-state index in [0.29, 0.717) is 30.8 Å². The average Bonchev–Trinajstić information content (AvgIpc) is 3.11. The summed E-state index contributed by atoms with van der Waals surface area (Å²) in [7, 11) is 1.87. The van der Waals surface area contributed by atoms with Crippen LogP contribution in [0.3, 0.4) is 0 Å². The maximum atomic E-state index is 13.8. The number of nitrogens with two attached hydrogens (primary N) is 1. The Balaban J connectivity index is 1.50. The van der Waals surface area contributed by atoms with E-state index in [9.17, 15) is 9.59 Å².